The lowest BCUT2D eigenvalue weighted by Gasteiger charge is -2.31. The molecule has 6 heteroatoms. The van der Waals surface area contributed by atoms with E-state index >= 15 is 0 Å². The number of carboxylic acid groups (broad SMARTS) is 1. The van der Waals surface area contributed by atoms with Crippen LogP contribution < -0.4 is 4.74 Å². The summed E-state index contributed by atoms with van der Waals surface area (Å²) in [5.41, 5.74) is 7.25. The Hall–Kier alpha value is -4.29. The molecule has 0 fully saturated rings. The molecule has 41 heavy (non-hydrogen) atoms. The van der Waals surface area contributed by atoms with Crippen molar-refractivity contribution in [2.24, 2.45) is 0 Å². The summed E-state index contributed by atoms with van der Waals surface area (Å²) in [6.45, 7) is 8.46. The number of aromatic nitrogens is 2. The number of fused-ring (bicyclic) bond motifs is 1. The second-order valence-corrected chi connectivity index (χ2v) is 11.5. The van der Waals surface area contributed by atoms with E-state index in [1.54, 1.807) is 0 Å². The monoisotopic (exact) mass is 546 g/mol. The lowest BCUT2D eigenvalue weighted by Crippen LogP contribution is -2.31. The highest BCUT2D eigenvalue weighted by atomic mass is 16.5. The van der Waals surface area contributed by atoms with E-state index in [-0.39, 0.29) is 0 Å². The quantitative estimate of drug-likeness (QED) is 0.216. The van der Waals surface area contributed by atoms with Crippen LogP contribution >= 0.6 is 0 Å². The summed E-state index contributed by atoms with van der Waals surface area (Å²) in [4.78, 5) is 22.7. The van der Waals surface area contributed by atoms with Crippen molar-refractivity contribution in [1.82, 2.24) is 9.97 Å². The van der Waals surface area contributed by atoms with E-state index in [0.29, 0.717) is 18.6 Å². The highest BCUT2D eigenvalue weighted by Crippen LogP contribution is 2.45. The van der Waals surface area contributed by atoms with Crippen molar-refractivity contribution in [2.45, 2.75) is 58.7 Å². The Morgan fingerprint density at radius 2 is 1.88 bits per heavy atom. The van der Waals surface area contributed by atoms with Gasteiger partial charge in [-0.3, -0.25) is 9.97 Å². The molecule has 0 radical (unpaired) electrons. The average Bonchev–Trinajstić information content (AvgIpc) is 2.95. The molecule has 6 nitrogen and oxygen atoms in total. The van der Waals surface area contributed by atoms with E-state index in [0.717, 1.165) is 62.8 Å². The zero-order valence-electron chi connectivity index (χ0n) is 23.9. The number of hydrogen-bond acceptors (Lipinski definition) is 5. The van der Waals surface area contributed by atoms with E-state index in [9.17, 15) is 9.90 Å². The van der Waals surface area contributed by atoms with Gasteiger partial charge >= 0.3 is 5.97 Å². The molecule has 0 saturated carbocycles. The highest BCUT2D eigenvalue weighted by molar-refractivity contribution is 6.08. The number of hydrogen-bond donors (Lipinski definition) is 1. The summed E-state index contributed by atoms with van der Waals surface area (Å²) in [6, 6.07) is 22.2. The lowest BCUT2D eigenvalue weighted by molar-refractivity contribution is -0.163. The summed E-state index contributed by atoms with van der Waals surface area (Å²) >= 11 is 0. The second kappa shape index (κ2) is 10.6. The predicted octanol–water partition coefficient (Wildman–Crippen LogP) is 7.56. The maximum atomic E-state index is 13.0. The van der Waals surface area contributed by atoms with Crippen LogP contribution in [0.3, 0.4) is 0 Å². The standard InChI is InChI=1S/C35H34N2O4/c1-21-20-27-25(11-10-22(2)37-27)31(26-12-13-28-30-24(16-19-40-28)15-18-36-32(26)30)29(21)33(34(38)39)41-35(3,4)17-14-23-8-6-5-7-9-23/h5-13,15,18,20,33H,14,16-17,19H2,1-4H3,(H,38,39)/t33-/m0/s1. The lowest BCUT2D eigenvalue weighted by atomic mass is 9.86. The molecule has 2 aromatic heterocycles. The molecule has 0 aliphatic carbocycles. The fraction of sp³-hybridized carbons (Fsp3) is 0.286. The minimum Gasteiger partial charge on any atom is -0.493 e. The molecule has 1 atom stereocenters. The largest absolute Gasteiger partial charge is 0.493 e. The first-order valence-corrected chi connectivity index (χ1v) is 14.1. The summed E-state index contributed by atoms with van der Waals surface area (Å²) in [7, 11) is 0. The van der Waals surface area contributed by atoms with Crippen molar-refractivity contribution in [3.8, 4) is 16.9 Å². The SMILES string of the molecule is Cc1ccc2c(-c3ccc4c5c(ccnc35)CCO4)c([C@H](OC(C)(C)CCc3ccccc3)C(=O)O)c(C)cc2n1. The third-order valence-corrected chi connectivity index (χ3v) is 8.00. The van der Waals surface area contributed by atoms with Crippen molar-refractivity contribution in [2.75, 3.05) is 6.61 Å². The Labute approximate surface area is 240 Å². The molecule has 0 spiro atoms. The number of aliphatic carboxylic acids is 1. The van der Waals surface area contributed by atoms with Crippen molar-refractivity contribution < 1.29 is 19.4 Å². The van der Waals surface area contributed by atoms with Crippen molar-refractivity contribution >= 4 is 27.8 Å². The van der Waals surface area contributed by atoms with Gasteiger partial charge in [0.25, 0.3) is 0 Å². The van der Waals surface area contributed by atoms with Crippen LogP contribution in [0, 0.1) is 13.8 Å². The zero-order chi connectivity index (χ0) is 28.7. The zero-order valence-corrected chi connectivity index (χ0v) is 23.9. The normalized spacial score (nSPS) is 13.8. The van der Waals surface area contributed by atoms with Crippen LogP contribution in [0.1, 0.15) is 54.3 Å². The summed E-state index contributed by atoms with van der Waals surface area (Å²) in [6.07, 6.45) is 2.89. The van der Waals surface area contributed by atoms with Gasteiger partial charge in [-0.2, -0.15) is 0 Å². The van der Waals surface area contributed by atoms with Gasteiger partial charge in [0.1, 0.15) is 5.75 Å². The Kier molecular flexibility index (Phi) is 6.96. The van der Waals surface area contributed by atoms with Crippen LogP contribution in [0.25, 0.3) is 32.9 Å². The Morgan fingerprint density at radius 3 is 2.66 bits per heavy atom. The predicted molar refractivity (Wildman–Crippen MR) is 161 cm³/mol. The summed E-state index contributed by atoms with van der Waals surface area (Å²) in [5.74, 6) is -0.223. The molecular formula is C35H34N2O4. The number of benzene rings is 3. The van der Waals surface area contributed by atoms with Crippen LogP contribution in [0.4, 0.5) is 0 Å². The molecule has 0 saturated heterocycles. The molecule has 0 unspecified atom stereocenters. The van der Waals surface area contributed by atoms with Crippen LogP contribution in [0.5, 0.6) is 5.75 Å². The van der Waals surface area contributed by atoms with Gasteiger partial charge in [0.2, 0.25) is 0 Å². The first-order valence-electron chi connectivity index (χ1n) is 14.1. The molecule has 208 valence electrons. The second-order valence-electron chi connectivity index (χ2n) is 11.5. The molecule has 3 heterocycles. The highest BCUT2D eigenvalue weighted by Gasteiger charge is 2.34. The summed E-state index contributed by atoms with van der Waals surface area (Å²) < 4.78 is 12.5. The van der Waals surface area contributed by atoms with Crippen molar-refractivity contribution in [1.29, 1.82) is 0 Å². The van der Waals surface area contributed by atoms with Gasteiger partial charge in [-0.05, 0) is 93.1 Å². The van der Waals surface area contributed by atoms with Gasteiger partial charge in [-0.1, -0.05) is 36.4 Å². The fourth-order valence-electron chi connectivity index (χ4n) is 5.96. The van der Waals surface area contributed by atoms with Gasteiger partial charge < -0.3 is 14.6 Å². The van der Waals surface area contributed by atoms with E-state index in [2.05, 4.69) is 12.1 Å². The Balaban J connectivity index is 1.54. The van der Waals surface area contributed by atoms with Gasteiger partial charge in [-0.15, -0.1) is 0 Å². The number of rotatable bonds is 8. The first-order chi connectivity index (χ1) is 19.7. The maximum absolute atomic E-state index is 13.0. The van der Waals surface area contributed by atoms with Crippen molar-refractivity contribution in [3.05, 3.63) is 101 Å². The third-order valence-electron chi connectivity index (χ3n) is 8.00. The minimum absolute atomic E-state index is 0.625. The first kappa shape index (κ1) is 26.9. The fourth-order valence-corrected chi connectivity index (χ4v) is 5.96. The molecule has 6 rings (SSSR count). The summed E-state index contributed by atoms with van der Waals surface area (Å²) in [5, 5.41) is 12.5. The number of nitrogens with zero attached hydrogens (tertiary/aromatic N) is 2. The van der Waals surface area contributed by atoms with E-state index in [1.807, 2.05) is 88.5 Å². The number of ether oxygens (including phenoxy) is 2. The van der Waals surface area contributed by atoms with Crippen LogP contribution in [0.2, 0.25) is 0 Å². The van der Waals surface area contributed by atoms with Crippen molar-refractivity contribution in [3.63, 3.8) is 0 Å². The van der Waals surface area contributed by atoms with Crippen LogP contribution in [-0.4, -0.2) is 33.3 Å². The van der Waals surface area contributed by atoms with E-state index in [4.69, 9.17) is 19.4 Å². The van der Waals surface area contributed by atoms with Crippen LogP contribution in [-0.2, 0) is 22.4 Å². The topological polar surface area (TPSA) is 81.5 Å². The molecule has 0 bridgehead atoms. The number of carboxylic acids is 1. The van der Waals surface area contributed by atoms with Gasteiger partial charge in [0, 0.05) is 40.2 Å². The molecule has 1 aliphatic heterocycles. The van der Waals surface area contributed by atoms with Gasteiger partial charge in [-0.25, -0.2) is 4.79 Å². The third kappa shape index (κ3) is 5.16. The Morgan fingerprint density at radius 1 is 1.07 bits per heavy atom. The van der Waals surface area contributed by atoms with E-state index in [1.165, 1.54) is 11.1 Å². The van der Waals surface area contributed by atoms with Crippen LogP contribution in [0.15, 0.2) is 72.9 Å². The molecule has 3 aromatic carbocycles. The minimum atomic E-state index is -1.19. The molecule has 0 amide bonds. The number of pyridine rings is 2. The average molecular weight is 547 g/mol. The molecule has 1 N–H and O–H groups in total. The number of aryl methyl sites for hydroxylation is 3. The molecular weight excluding hydrogens is 512 g/mol. The molecule has 1 aliphatic rings. The smallest absolute Gasteiger partial charge is 0.337 e. The van der Waals surface area contributed by atoms with Gasteiger partial charge in [0.15, 0.2) is 6.10 Å². The Bertz CT molecular complexity index is 1770. The van der Waals surface area contributed by atoms with Gasteiger partial charge in [0.05, 0.1) is 23.2 Å². The molecule has 5 aromatic rings. The van der Waals surface area contributed by atoms with E-state index < -0.39 is 17.7 Å². The maximum Gasteiger partial charge on any atom is 0.337 e. The number of carbonyl (C=O) groups is 1.